The van der Waals surface area contributed by atoms with Gasteiger partial charge in [-0.2, -0.15) is 0 Å². The van der Waals surface area contributed by atoms with E-state index in [-0.39, 0.29) is 5.84 Å². The van der Waals surface area contributed by atoms with Gasteiger partial charge in [-0.15, -0.1) is 0 Å². The zero-order valence-corrected chi connectivity index (χ0v) is 21.9. The largest absolute Gasteiger partial charge is 0.387 e. The highest BCUT2D eigenvalue weighted by Crippen LogP contribution is 2.42. The molecule has 0 unspecified atom stereocenters. The van der Waals surface area contributed by atoms with Gasteiger partial charge in [0.25, 0.3) is 0 Å². The highest BCUT2D eigenvalue weighted by Gasteiger charge is 2.42. The minimum Gasteiger partial charge on any atom is -0.387 e. The normalized spacial score (nSPS) is 28.7. The van der Waals surface area contributed by atoms with Crippen LogP contribution in [-0.4, -0.2) is 82.4 Å². The number of amidine groups is 1. The van der Waals surface area contributed by atoms with Crippen molar-refractivity contribution in [1.82, 2.24) is 24.7 Å². The number of rotatable bonds is 9. The van der Waals surface area contributed by atoms with E-state index in [2.05, 4.69) is 24.7 Å². The van der Waals surface area contributed by atoms with Crippen LogP contribution in [-0.2, 0) is 6.54 Å². The molecular formula is C28H49N7. The maximum atomic E-state index is 7.77. The monoisotopic (exact) mass is 483 g/mol. The number of nitrogens with one attached hydrogen (secondary N) is 2. The van der Waals surface area contributed by atoms with Gasteiger partial charge in [0.05, 0.1) is 13.1 Å². The fourth-order valence-corrected chi connectivity index (χ4v) is 7.75. The van der Waals surface area contributed by atoms with Crippen LogP contribution in [0.5, 0.6) is 0 Å². The summed E-state index contributed by atoms with van der Waals surface area (Å²) in [6, 6.07) is 0.902. The molecule has 1 aromatic heterocycles. The van der Waals surface area contributed by atoms with E-state index < -0.39 is 0 Å². The van der Waals surface area contributed by atoms with Gasteiger partial charge in [0.15, 0.2) is 0 Å². The molecule has 0 aromatic carbocycles. The van der Waals surface area contributed by atoms with E-state index in [9.17, 15) is 0 Å². The molecule has 4 N–H and O–H groups in total. The van der Waals surface area contributed by atoms with Crippen LogP contribution in [0.25, 0.3) is 0 Å². The summed E-state index contributed by atoms with van der Waals surface area (Å²) in [5.41, 5.74) is 6.37. The molecule has 0 atom stereocenters. The highest BCUT2D eigenvalue weighted by molar-refractivity contribution is 5.78. The quantitative estimate of drug-likeness (QED) is 0.364. The van der Waals surface area contributed by atoms with Crippen LogP contribution in [0.2, 0.25) is 0 Å². The lowest BCUT2D eigenvalue weighted by Gasteiger charge is -2.44. The van der Waals surface area contributed by atoms with Crippen molar-refractivity contribution in [2.24, 2.45) is 23.0 Å². The topological polar surface area (TPSA) is 88.3 Å². The second-order valence-corrected chi connectivity index (χ2v) is 12.4. The molecule has 7 nitrogen and oxygen atoms in total. The van der Waals surface area contributed by atoms with Crippen LogP contribution in [0.15, 0.2) is 12.4 Å². The predicted octanol–water partition coefficient (Wildman–Crippen LogP) is 4.07. The third-order valence-electron chi connectivity index (χ3n) is 9.79. The lowest BCUT2D eigenvalue weighted by molar-refractivity contribution is 0.0599. The molecule has 0 amide bonds. The van der Waals surface area contributed by atoms with Crippen LogP contribution in [0, 0.1) is 22.7 Å². The summed E-state index contributed by atoms with van der Waals surface area (Å²) in [6.45, 7) is 9.05. The van der Waals surface area contributed by atoms with Crippen molar-refractivity contribution in [3.05, 3.63) is 18.2 Å². The van der Waals surface area contributed by atoms with Crippen LogP contribution < -0.4 is 5.73 Å². The van der Waals surface area contributed by atoms with E-state index in [0.29, 0.717) is 12.0 Å². The molecule has 3 heterocycles. The first-order valence-corrected chi connectivity index (χ1v) is 14.6. The number of likely N-dealkylation sites (tertiary alicyclic amines) is 2. The smallest absolute Gasteiger partial charge is 0.120 e. The zero-order valence-electron chi connectivity index (χ0n) is 21.9. The number of hydrogen-bond donors (Lipinski definition) is 3. The molecule has 4 fully saturated rings. The molecule has 1 spiro atoms. The Morgan fingerprint density at radius 3 is 2.43 bits per heavy atom. The second kappa shape index (κ2) is 11.7. The summed E-state index contributed by atoms with van der Waals surface area (Å²) in [4.78, 5) is 15.6. The third-order valence-corrected chi connectivity index (χ3v) is 9.79. The summed E-state index contributed by atoms with van der Waals surface area (Å²) in [6.07, 6.45) is 20.6. The van der Waals surface area contributed by atoms with Gasteiger partial charge in [-0.1, -0.05) is 19.3 Å². The minimum atomic E-state index is 0.248. The Balaban J connectivity index is 1.03. The van der Waals surface area contributed by atoms with Gasteiger partial charge in [-0.05, 0) is 94.7 Å². The summed E-state index contributed by atoms with van der Waals surface area (Å²) >= 11 is 0. The van der Waals surface area contributed by atoms with Crippen molar-refractivity contribution in [2.45, 2.75) is 89.6 Å². The van der Waals surface area contributed by atoms with Crippen LogP contribution in [0.1, 0.15) is 82.9 Å². The Labute approximate surface area is 212 Å². The van der Waals surface area contributed by atoms with Gasteiger partial charge < -0.3 is 20.5 Å². The molecule has 0 radical (unpaired) electrons. The van der Waals surface area contributed by atoms with Gasteiger partial charge >= 0.3 is 0 Å². The number of imidazole rings is 1. The van der Waals surface area contributed by atoms with Crippen LogP contribution >= 0.6 is 0 Å². The number of aromatic amines is 1. The molecule has 7 heteroatoms. The Kier molecular flexibility index (Phi) is 8.46. The first-order chi connectivity index (χ1) is 17.1. The molecule has 2 aliphatic heterocycles. The highest BCUT2D eigenvalue weighted by atomic mass is 15.2. The molecule has 2 saturated carbocycles. The molecule has 196 valence electrons. The van der Waals surface area contributed by atoms with Crippen LogP contribution in [0.4, 0.5) is 0 Å². The Bertz CT molecular complexity index is 771. The van der Waals surface area contributed by atoms with E-state index in [1.165, 1.54) is 110 Å². The van der Waals surface area contributed by atoms with E-state index in [1.54, 1.807) is 6.20 Å². The summed E-state index contributed by atoms with van der Waals surface area (Å²) in [7, 11) is 0. The Hall–Kier alpha value is -1.44. The molecule has 2 saturated heterocycles. The minimum absolute atomic E-state index is 0.248. The average Bonchev–Trinajstić information content (AvgIpc) is 3.51. The Morgan fingerprint density at radius 1 is 1.03 bits per heavy atom. The number of aromatic nitrogens is 2. The number of H-pyrrole nitrogens is 1. The SMILES string of the molecule is N=C(N)CN(Cc1ncc[nH]1)C[C@H]1CC[C@H](CN2CCC3(CCN(C4CCCCC4)CC3)C2)CC1. The fraction of sp³-hybridized carbons (Fsp3) is 0.857. The number of nitrogens with two attached hydrogens (primary N) is 1. The summed E-state index contributed by atoms with van der Waals surface area (Å²) in [5, 5.41) is 7.77. The van der Waals surface area contributed by atoms with Gasteiger partial charge in [0.1, 0.15) is 11.7 Å². The van der Waals surface area contributed by atoms with Crippen molar-refractivity contribution >= 4 is 5.84 Å². The van der Waals surface area contributed by atoms with E-state index in [0.717, 1.165) is 36.8 Å². The van der Waals surface area contributed by atoms with Crippen LogP contribution in [0.3, 0.4) is 0 Å². The predicted molar refractivity (Wildman–Crippen MR) is 142 cm³/mol. The van der Waals surface area contributed by atoms with E-state index >= 15 is 0 Å². The van der Waals surface area contributed by atoms with Crippen molar-refractivity contribution in [3.63, 3.8) is 0 Å². The second-order valence-electron chi connectivity index (χ2n) is 12.4. The van der Waals surface area contributed by atoms with Crippen molar-refractivity contribution in [3.8, 4) is 0 Å². The van der Waals surface area contributed by atoms with Crippen molar-refractivity contribution in [2.75, 3.05) is 45.8 Å². The molecule has 4 aliphatic rings. The molecular weight excluding hydrogens is 434 g/mol. The zero-order chi connectivity index (χ0) is 24.1. The summed E-state index contributed by atoms with van der Waals surface area (Å²) < 4.78 is 0. The lowest BCUT2D eigenvalue weighted by atomic mass is 9.77. The standard InChI is InChI=1S/C28H49N7/c29-26(30)20-34(21-27-31-13-14-32-27)19-24-8-6-23(7-9-24)18-33-15-10-28(22-33)11-16-35(17-12-28)25-4-2-1-3-5-25/h13-14,23-25H,1-12,15-22H2,(H3,29,30)(H,31,32)/t23-,24-. The average molecular weight is 484 g/mol. The fourth-order valence-electron chi connectivity index (χ4n) is 7.75. The number of hydrogen-bond acceptors (Lipinski definition) is 5. The van der Waals surface area contributed by atoms with E-state index in [1.807, 2.05) is 6.20 Å². The Morgan fingerprint density at radius 2 is 1.74 bits per heavy atom. The summed E-state index contributed by atoms with van der Waals surface area (Å²) in [5.74, 6) is 2.80. The number of piperidine rings is 1. The van der Waals surface area contributed by atoms with Crippen molar-refractivity contribution in [1.29, 1.82) is 5.41 Å². The maximum Gasteiger partial charge on any atom is 0.120 e. The molecule has 35 heavy (non-hydrogen) atoms. The lowest BCUT2D eigenvalue weighted by Crippen LogP contribution is -2.47. The molecule has 0 bridgehead atoms. The maximum absolute atomic E-state index is 7.77. The van der Waals surface area contributed by atoms with E-state index in [4.69, 9.17) is 11.1 Å². The van der Waals surface area contributed by atoms with Crippen molar-refractivity contribution < 1.29 is 0 Å². The number of nitrogens with zero attached hydrogens (tertiary/aromatic N) is 4. The molecule has 2 aliphatic carbocycles. The molecule has 5 rings (SSSR count). The first-order valence-electron chi connectivity index (χ1n) is 14.6. The third kappa shape index (κ3) is 6.86. The van der Waals surface area contributed by atoms with Gasteiger partial charge in [-0.25, -0.2) is 4.98 Å². The molecule has 1 aromatic rings. The van der Waals surface area contributed by atoms with Gasteiger partial charge in [0.2, 0.25) is 0 Å². The van der Waals surface area contributed by atoms with Gasteiger partial charge in [-0.3, -0.25) is 10.3 Å². The van der Waals surface area contributed by atoms with Gasteiger partial charge in [0, 0.05) is 38.1 Å². The first kappa shape index (κ1) is 25.2.